The van der Waals surface area contributed by atoms with Crippen LogP contribution in [0.25, 0.3) is 0 Å². The number of ether oxygens (including phenoxy) is 2. The van der Waals surface area contributed by atoms with Crippen LogP contribution in [0.5, 0.6) is 11.5 Å². The summed E-state index contributed by atoms with van der Waals surface area (Å²) in [5, 5.41) is 2.78. The van der Waals surface area contributed by atoms with E-state index in [9.17, 15) is 9.59 Å². The van der Waals surface area contributed by atoms with E-state index < -0.39 is 6.04 Å². The largest absolute Gasteiger partial charge is 0.493 e. The molecule has 1 atom stereocenters. The van der Waals surface area contributed by atoms with Crippen molar-refractivity contribution in [3.63, 3.8) is 0 Å². The lowest BCUT2D eigenvalue weighted by molar-refractivity contribution is -0.121. The summed E-state index contributed by atoms with van der Waals surface area (Å²) in [7, 11) is 3.03. The molecule has 0 spiro atoms. The Balaban J connectivity index is 2.30. The minimum Gasteiger partial charge on any atom is -0.493 e. The Labute approximate surface area is 118 Å². The SMILES string of the molecule is COc1cccc(C(=O)C2CCCCC(=O)N2)c1OC. The van der Waals surface area contributed by atoms with Gasteiger partial charge in [0, 0.05) is 6.42 Å². The molecular weight excluding hydrogens is 258 g/mol. The van der Waals surface area contributed by atoms with Crippen LogP contribution in [0, 0.1) is 0 Å². The Bertz CT molecular complexity index is 513. The van der Waals surface area contributed by atoms with Gasteiger partial charge in [0.15, 0.2) is 17.3 Å². The second-order valence-electron chi connectivity index (χ2n) is 4.77. The second-order valence-corrected chi connectivity index (χ2v) is 4.77. The van der Waals surface area contributed by atoms with Gasteiger partial charge in [0.05, 0.1) is 25.8 Å². The quantitative estimate of drug-likeness (QED) is 0.854. The third-order valence-corrected chi connectivity index (χ3v) is 3.47. The molecule has 5 heteroatoms. The summed E-state index contributed by atoms with van der Waals surface area (Å²) >= 11 is 0. The van der Waals surface area contributed by atoms with Crippen molar-refractivity contribution < 1.29 is 19.1 Å². The molecule has 0 aromatic heterocycles. The second kappa shape index (κ2) is 6.41. The molecule has 20 heavy (non-hydrogen) atoms. The van der Waals surface area contributed by atoms with Crippen LogP contribution in [-0.4, -0.2) is 32.0 Å². The molecule has 0 saturated carbocycles. The molecule has 1 aromatic carbocycles. The lowest BCUT2D eigenvalue weighted by Gasteiger charge is -2.17. The number of Topliss-reactive ketones (excluding diaryl/α,β-unsaturated/α-hetero) is 1. The number of hydrogen-bond donors (Lipinski definition) is 1. The average molecular weight is 277 g/mol. The van der Waals surface area contributed by atoms with E-state index in [1.807, 2.05) is 0 Å². The highest BCUT2D eigenvalue weighted by atomic mass is 16.5. The number of rotatable bonds is 4. The lowest BCUT2D eigenvalue weighted by atomic mass is 9.99. The molecule has 0 bridgehead atoms. The van der Waals surface area contributed by atoms with Gasteiger partial charge in [-0.05, 0) is 25.0 Å². The molecule has 108 valence electrons. The van der Waals surface area contributed by atoms with E-state index in [2.05, 4.69) is 5.32 Å². The smallest absolute Gasteiger partial charge is 0.220 e. The van der Waals surface area contributed by atoms with Gasteiger partial charge in [0.2, 0.25) is 5.91 Å². The molecule has 2 rings (SSSR count). The van der Waals surface area contributed by atoms with Gasteiger partial charge >= 0.3 is 0 Å². The fourth-order valence-electron chi connectivity index (χ4n) is 2.44. The minimum absolute atomic E-state index is 0.0669. The standard InChI is InChI=1S/C15H19NO4/c1-19-12-8-5-6-10(15(12)20-2)14(18)11-7-3-4-9-13(17)16-11/h5-6,8,11H,3-4,7,9H2,1-2H3,(H,16,17). The Morgan fingerprint density at radius 1 is 1.25 bits per heavy atom. The van der Waals surface area contributed by atoms with Crippen LogP contribution < -0.4 is 14.8 Å². The summed E-state index contributed by atoms with van der Waals surface area (Å²) in [6, 6.07) is 4.70. The number of hydrogen-bond acceptors (Lipinski definition) is 4. The maximum absolute atomic E-state index is 12.6. The van der Waals surface area contributed by atoms with E-state index in [1.54, 1.807) is 18.2 Å². The number of carbonyl (C=O) groups excluding carboxylic acids is 2. The number of ketones is 1. The Morgan fingerprint density at radius 2 is 2.05 bits per heavy atom. The van der Waals surface area contributed by atoms with Crippen LogP contribution in [-0.2, 0) is 4.79 Å². The van der Waals surface area contributed by atoms with Crippen molar-refractivity contribution in [2.24, 2.45) is 0 Å². The summed E-state index contributed by atoms with van der Waals surface area (Å²) in [5.41, 5.74) is 0.444. The normalized spacial score (nSPS) is 18.9. The highest BCUT2D eigenvalue weighted by Gasteiger charge is 2.27. The zero-order chi connectivity index (χ0) is 14.5. The Kier molecular flexibility index (Phi) is 4.61. The van der Waals surface area contributed by atoms with Crippen LogP contribution in [0.2, 0.25) is 0 Å². The summed E-state index contributed by atoms with van der Waals surface area (Å²) in [4.78, 5) is 24.2. The van der Waals surface area contributed by atoms with E-state index in [0.717, 1.165) is 12.8 Å². The van der Waals surface area contributed by atoms with Gasteiger partial charge in [0.1, 0.15) is 0 Å². The molecule has 1 amide bonds. The van der Waals surface area contributed by atoms with Crippen molar-refractivity contribution in [1.29, 1.82) is 0 Å². The van der Waals surface area contributed by atoms with Crippen molar-refractivity contribution in [1.82, 2.24) is 5.32 Å². The number of para-hydroxylation sites is 1. The molecule has 1 aliphatic heterocycles. The molecule has 1 aromatic rings. The van der Waals surface area contributed by atoms with E-state index in [4.69, 9.17) is 9.47 Å². The Morgan fingerprint density at radius 3 is 2.75 bits per heavy atom. The molecule has 1 aliphatic rings. The first-order valence-corrected chi connectivity index (χ1v) is 6.72. The number of amides is 1. The first-order valence-electron chi connectivity index (χ1n) is 6.72. The van der Waals surface area contributed by atoms with Crippen LogP contribution >= 0.6 is 0 Å². The predicted octanol–water partition coefficient (Wildman–Crippen LogP) is 1.95. The fraction of sp³-hybridized carbons (Fsp3) is 0.467. The third-order valence-electron chi connectivity index (χ3n) is 3.47. The molecule has 1 heterocycles. The third kappa shape index (κ3) is 2.92. The number of methoxy groups -OCH3 is 2. The first kappa shape index (κ1) is 14.4. The van der Waals surface area contributed by atoms with E-state index in [1.165, 1.54) is 14.2 Å². The average Bonchev–Trinajstić information content (AvgIpc) is 2.70. The van der Waals surface area contributed by atoms with Crippen LogP contribution in [0.1, 0.15) is 36.0 Å². The van der Waals surface area contributed by atoms with Gasteiger partial charge < -0.3 is 14.8 Å². The van der Waals surface area contributed by atoms with Gasteiger partial charge in [-0.1, -0.05) is 12.5 Å². The molecular formula is C15H19NO4. The van der Waals surface area contributed by atoms with Crippen molar-refractivity contribution in [3.8, 4) is 11.5 Å². The zero-order valence-electron chi connectivity index (χ0n) is 11.8. The van der Waals surface area contributed by atoms with E-state index in [0.29, 0.717) is 29.9 Å². The van der Waals surface area contributed by atoms with Crippen LogP contribution in [0.15, 0.2) is 18.2 Å². The first-order chi connectivity index (χ1) is 9.67. The van der Waals surface area contributed by atoms with Gasteiger partial charge in [-0.2, -0.15) is 0 Å². The number of nitrogens with one attached hydrogen (secondary N) is 1. The van der Waals surface area contributed by atoms with Crippen LogP contribution in [0.3, 0.4) is 0 Å². The van der Waals surface area contributed by atoms with Crippen molar-refractivity contribution in [2.45, 2.75) is 31.7 Å². The van der Waals surface area contributed by atoms with Gasteiger partial charge in [-0.15, -0.1) is 0 Å². The van der Waals surface area contributed by atoms with E-state index in [-0.39, 0.29) is 11.7 Å². The minimum atomic E-state index is -0.481. The maximum Gasteiger partial charge on any atom is 0.220 e. The van der Waals surface area contributed by atoms with Crippen molar-refractivity contribution in [2.75, 3.05) is 14.2 Å². The van der Waals surface area contributed by atoms with Crippen molar-refractivity contribution in [3.05, 3.63) is 23.8 Å². The highest BCUT2D eigenvalue weighted by Crippen LogP contribution is 2.32. The Hall–Kier alpha value is -2.04. The summed E-state index contributed by atoms with van der Waals surface area (Å²) in [5.74, 6) is 0.732. The van der Waals surface area contributed by atoms with Gasteiger partial charge in [-0.25, -0.2) is 0 Å². The molecule has 0 aliphatic carbocycles. The monoisotopic (exact) mass is 277 g/mol. The predicted molar refractivity (Wildman–Crippen MR) is 74.3 cm³/mol. The fourth-order valence-corrected chi connectivity index (χ4v) is 2.44. The van der Waals surface area contributed by atoms with Gasteiger partial charge in [0.25, 0.3) is 0 Å². The number of benzene rings is 1. The summed E-state index contributed by atoms with van der Waals surface area (Å²) in [6.07, 6.45) is 2.83. The van der Waals surface area contributed by atoms with Crippen molar-refractivity contribution >= 4 is 11.7 Å². The molecule has 1 N–H and O–H groups in total. The maximum atomic E-state index is 12.6. The zero-order valence-corrected chi connectivity index (χ0v) is 11.8. The highest BCUT2D eigenvalue weighted by molar-refractivity contribution is 6.04. The summed E-state index contributed by atoms with van der Waals surface area (Å²) in [6.45, 7) is 0. The lowest BCUT2D eigenvalue weighted by Crippen LogP contribution is -2.39. The van der Waals surface area contributed by atoms with Gasteiger partial charge in [-0.3, -0.25) is 9.59 Å². The topological polar surface area (TPSA) is 64.6 Å². The van der Waals surface area contributed by atoms with Crippen LogP contribution in [0.4, 0.5) is 0 Å². The molecule has 1 saturated heterocycles. The number of carbonyl (C=O) groups is 2. The molecule has 1 fully saturated rings. The molecule has 0 radical (unpaired) electrons. The molecule has 5 nitrogen and oxygen atoms in total. The summed E-state index contributed by atoms with van der Waals surface area (Å²) < 4.78 is 10.5. The van der Waals surface area contributed by atoms with E-state index >= 15 is 0 Å². The molecule has 1 unspecified atom stereocenters.